The summed E-state index contributed by atoms with van der Waals surface area (Å²) < 4.78 is 12.6. The number of ether oxygens (including phenoxy) is 2. The van der Waals surface area contributed by atoms with Crippen molar-refractivity contribution in [2.24, 2.45) is 4.99 Å². The minimum absolute atomic E-state index is 0.275. The molecule has 40 heavy (non-hydrogen) atoms. The normalized spacial score (nSPS) is 14.8. The Hall–Kier alpha value is -4.96. The van der Waals surface area contributed by atoms with Crippen molar-refractivity contribution < 1.29 is 24.2 Å². The second-order valence-corrected chi connectivity index (χ2v) is 9.91. The van der Waals surface area contributed by atoms with Crippen LogP contribution in [0.25, 0.3) is 6.08 Å². The van der Waals surface area contributed by atoms with Crippen LogP contribution in [0, 0.1) is 0 Å². The minimum Gasteiger partial charge on any atom is -0.493 e. The van der Waals surface area contributed by atoms with Gasteiger partial charge in [0, 0.05) is 5.69 Å². The average molecular weight is 556 g/mol. The van der Waals surface area contributed by atoms with Gasteiger partial charge >= 0.3 is 5.97 Å². The molecule has 3 aromatic carbocycles. The van der Waals surface area contributed by atoms with E-state index in [1.165, 1.54) is 18.4 Å². The summed E-state index contributed by atoms with van der Waals surface area (Å²) >= 11 is 1.22. The van der Waals surface area contributed by atoms with Gasteiger partial charge in [-0.3, -0.25) is 14.2 Å². The Morgan fingerprint density at radius 1 is 1.05 bits per heavy atom. The minimum atomic E-state index is -1.10. The summed E-state index contributed by atoms with van der Waals surface area (Å²) in [6.45, 7) is 1.26. The molecule has 0 saturated heterocycles. The van der Waals surface area contributed by atoms with Crippen molar-refractivity contribution in [3.05, 3.63) is 121 Å². The summed E-state index contributed by atoms with van der Waals surface area (Å²) in [4.78, 5) is 43.4. The summed E-state index contributed by atoms with van der Waals surface area (Å²) in [5.41, 5.74) is 2.69. The number of carbonyl (C=O) groups is 2. The van der Waals surface area contributed by atoms with Crippen LogP contribution in [0.3, 0.4) is 0 Å². The highest BCUT2D eigenvalue weighted by Crippen LogP contribution is 2.31. The second kappa shape index (κ2) is 11.4. The van der Waals surface area contributed by atoms with Crippen LogP contribution in [-0.4, -0.2) is 35.3 Å². The third-order valence-corrected chi connectivity index (χ3v) is 7.23. The van der Waals surface area contributed by atoms with Gasteiger partial charge in [0.05, 0.1) is 29.0 Å². The number of anilines is 1. The molecule has 9 nitrogen and oxygen atoms in total. The summed E-state index contributed by atoms with van der Waals surface area (Å²) in [7, 11) is 1.45. The number of benzene rings is 3. The molecule has 0 aliphatic carbocycles. The third kappa shape index (κ3) is 5.43. The van der Waals surface area contributed by atoms with E-state index >= 15 is 0 Å². The number of fused-ring (bicyclic) bond motifs is 1. The van der Waals surface area contributed by atoms with E-state index in [0.717, 1.165) is 5.56 Å². The summed E-state index contributed by atoms with van der Waals surface area (Å²) in [5.74, 6) is -0.831. The molecule has 0 saturated carbocycles. The zero-order valence-corrected chi connectivity index (χ0v) is 22.5. The number of allylic oxidation sites excluding steroid dienone is 1. The van der Waals surface area contributed by atoms with E-state index in [1.54, 1.807) is 47.9 Å². The molecule has 0 bridgehead atoms. The van der Waals surface area contributed by atoms with E-state index in [9.17, 15) is 14.4 Å². The topological polar surface area (TPSA) is 119 Å². The quantitative estimate of drug-likeness (QED) is 0.344. The molecule has 2 N–H and O–H groups in total. The number of aliphatic carboxylic acids is 1. The Morgan fingerprint density at radius 3 is 2.42 bits per heavy atom. The van der Waals surface area contributed by atoms with Crippen LogP contribution in [0.15, 0.2) is 99.9 Å². The Bertz CT molecular complexity index is 1790. The number of carboxylic acids is 1. The molecule has 1 amide bonds. The van der Waals surface area contributed by atoms with Gasteiger partial charge in [-0.2, -0.15) is 0 Å². The molecule has 1 aliphatic heterocycles. The number of hydrogen-bond donors (Lipinski definition) is 2. The number of carbonyl (C=O) groups excluding carboxylic acids is 1. The van der Waals surface area contributed by atoms with E-state index in [1.807, 2.05) is 48.5 Å². The number of nitrogens with zero attached hydrogens (tertiary/aromatic N) is 2. The maximum Gasteiger partial charge on any atom is 0.341 e. The Kier molecular flexibility index (Phi) is 7.61. The van der Waals surface area contributed by atoms with Crippen LogP contribution in [0.5, 0.6) is 11.5 Å². The Balaban J connectivity index is 1.59. The molecule has 1 atom stereocenters. The van der Waals surface area contributed by atoms with E-state index in [4.69, 9.17) is 14.6 Å². The van der Waals surface area contributed by atoms with E-state index in [2.05, 4.69) is 10.3 Å². The Morgan fingerprint density at radius 2 is 1.75 bits per heavy atom. The maximum atomic E-state index is 13.8. The molecule has 2 heterocycles. The van der Waals surface area contributed by atoms with Gasteiger partial charge in [0.1, 0.15) is 0 Å². The molecule has 0 fully saturated rings. The van der Waals surface area contributed by atoms with Crippen LogP contribution in [0.2, 0.25) is 0 Å². The predicted molar refractivity (Wildman–Crippen MR) is 151 cm³/mol. The third-order valence-electron chi connectivity index (χ3n) is 6.25. The lowest BCUT2D eigenvalue weighted by Crippen LogP contribution is -2.40. The number of para-hydroxylation sites is 1. The monoisotopic (exact) mass is 555 g/mol. The fourth-order valence-electron chi connectivity index (χ4n) is 4.47. The van der Waals surface area contributed by atoms with Gasteiger partial charge in [-0.15, -0.1) is 0 Å². The first-order valence-corrected chi connectivity index (χ1v) is 13.1. The molecule has 1 aliphatic rings. The summed E-state index contributed by atoms with van der Waals surface area (Å²) in [5, 5.41) is 11.8. The van der Waals surface area contributed by atoms with Crippen molar-refractivity contribution in [3.63, 3.8) is 0 Å². The van der Waals surface area contributed by atoms with Crippen molar-refractivity contribution in [1.82, 2.24) is 4.57 Å². The first-order valence-electron chi connectivity index (χ1n) is 12.3. The number of thiazole rings is 1. The zero-order chi connectivity index (χ0) is 28.2. The summed E-state index contributed by atoms with van der Waals surface area (Å²) in [6.07, 6.45) is 1.71. The Labute approximate surface area is 233 Å². The number of rotatable bonds is 8. The van der Waals surface area contributed by atoms with E-state index < -0.39 is 18.6 Å². The van der Waals surface area contributed by atoms with Crippen LogP contribution < -0.4 is 29.7 Å². The highest BCUT2D eigenvalue weighted by atomic mass is 32.1. The van der Waals surface area contributed by atoms with Crippen molar-refractivity contribution in [3.8, 4) is 11.5 Å². The molecule has 0 radical (unpaired) electrons. The fraction of sp³-hybridized carbons (Fsp3) is 0.133. The van der Waals surface area contributed by atoms with Gasteiger partial charge in [-0.05, 0) is 48.4 Å². The maximum absolute atomic E-state index is 13.8. The lowest BCUT2D eigenvalue weighted by atomic mass is 9.95. The van der Waals surface area contributed by atoms with Gasteiger partial charge in [0.2, 0.25) is 0 Å². The number of methoxy groups -OCH3 is 1. The van der Waals surface area contributed by atoms with Crippen LogP contribution in [0.4, 0.5) is 5.69 Å². The first-order chi connectivity index (χ1) is 19.4. The average Bonchev–Trinajstić information content (AvgIpc) is 3.26. The number of amides is 1. The number of carboxylic acid groups (broad SMARTS) is 1. The number of aromatic nitrogens is 1. The molecule has 5 rings (SSSR count). The second-order valence-electron chi connectivity index (χ2n) is 8.91. The van der Waals surface area contributed by atoms with E-state index in [-0.39, 0.29) is 17.2 Å². The number of hydrogen-bond acceptors (Lipinski definition) is 7. The van der Waals surface area contributed by atoms with Crippen LogP contribution in [-0.2, 0) is 9.59 Å². The molecule has 202 valence electrons. The lowest BCUT2D eigenvalue weighted by Gasteiger charge is -2.25. The van der Waals surface area contributed by atoms with Crippen LogP contribution >= 0.6 is 11.3 Å². The van der Waals surface area contributed by atoms with E-state index in [0.29, 0.717) is 37.6 Å². The number of nitrogens with one attached hydrogen (secondary N) is 1. The van der Waals surface area contributed by atoms with Gasteiger partial charge in [-0.25, -0.2) is 9.79 Å². The van der Waals surface area contributed by atoms with Crippen molar-refractivity contribution in [2.75, 3.05) is 19.0 Å². The van der Waals surface area contributed by atoms with Gasteiger partial charge in [0.15, 0.2) is 22.9 Å². The zero-order valence-electron chi connectivity index (χ0n) is 21.7. The van der Waals surface area contributed by atoms with Crippen molar-refractivity contribution in [1.29, 1.82) is 0 Å². The smallest absolute Gasteiger partial charge is 0.341 e. The molecule has 4 aromatic rings. The van der Waals surface area contributed by atoms with Crippen molar-refractivity contribution >= 4 is 35.0 Å². The molecular weight excluding hydrogens is 530 g/mol. The van der Waals surface area contributed by atoms with Gasteiger partial charge in [-0.1, -0.05) is 65.9 Å². The first kappa shape index (κ1) is 26.6. The predicted octanol–water partition coefficient (Wildman–Crippen LogP) is 3.35. The molecule has 1 aromatic heterocycles. The van der Waals surface area contributed by atoms with Gasteiger partial charge in [0.25, 0.3) is 11.5 Å². The highest BCUT2D eigenvalue weighted by Gasteiger charge is 2.32. The molecule has 0 spiro atoms. The standard InChI is InChI=1S/C30H25N3O6S/c1-18-26(28(36)32-21-11-7-4-8-12-21)27(20-9-5-3-6-10-20)33-29(37)24(40-30(33)31-18)16-19-13-14-22(23(15-19)38-2)39-17-25(34)35/h3-16,27H,17H2,1-2H3,(H,32,36)(H,34,35)/b24-16-/t27-/m0/s1. The fourth-order valence-corrected chi connectivity index (χ4v) is 5.51. The van der Waals surface area contributed by atoms with Crippen molar-refractivity contribution in [2.45, 2.75) is 13.0 Å². The molecular formula is C30H25N3O6S. The lowest BCUT2D eigenvalue weighted by molar-refractivity contribution is -0.139. The molecule has 0 unspecified atom stereocenters. The summed E-state index contributed by atoms with van der Waals surface area (Å²) in [6, 6.07) is 22.8. The largest absolute Gasteiger partial charge is 0.493 e. The van der Waals surface area contributed by atoms with Gasteiger partial charge < -0.3 is 19.9 Å². The SMILES string of the molecule is COc1cc(/C=c2\sc3n(c2=O)[C@@H](c2ccccc2)C(C(=O)Nc2ccccc2)=C(C)N=3)ccc1OCC(=O)O. The molecule has 10 heteroatoms. The van der Waals surface area contributed by atoms with Crippen LogP contribution in [0.1, 0.15) is 24.1 Å². The highest BCUT2D eigenvalue weighted by molar-refractivity contribution is 7.07.